The minimum Gasteiger partial charge on any atom is -0.480 e. The SMILES string of the molecule is CCN(C(=O)Nc1ccc(F)cc1)C(C)(C)C(=O)O. The van der Waals surface area contributed by atoms with Crippen molar-refractivity contribution >= 4 is 17.7 Å². The van der Waals surface area contributed by atoms with Gasteiger partial charge in [0.15, 0.2) is 0 Å². The lowest BCUT2D eigenvalue weighted by atomic mass is 10.0. The minimum atomic E-state index is -1.32. The van der Waals surface area contributed by atoms with E-state index < -0.39 is 23.4 Å². The number of anilines is 1. The van der Waals surface area contributed by atoms with Crippen LogP contribution in [-0.4, -0.2) is 34.1 Å². The fraction of sp³-hybridized carbons (Fsp3) is 0.385. The third-order valence-corrected chi connectivity index (χ3v) is 2.86. The van der Waals surface area contributed by atoms with E-state index in [2.05, 4.69) is 5.32 Å². The number of rotatable bonds is 4. The average molecular weight is 268 g/mol. The predicted molar refractivity (Wildman–Crippen MR) is 69.5 cm³/mol. The van der Waals surface area contributed by atoms with Gasteiger partial charge in [0.2, 0.25) is 0 Å². The predicted octanol–water partition coefficient (Wildman–Crippen LogP) is 2.54. The molecule has 0 atom stereocenters. The fourth-order valence-electron chi connectivity index (χ4n) is 1.63. The molecule has 0 heterocycles. The van der Waals surface area contributed by atoms with Crippen LogP contribution in [0.25, 0.3) is 0 Å². The van der Waals surface area contributed by atoms with E-state index >= 15 is 0 Å². The van der Waals surface area contributed by atoms with Crippen molar-refractivity contribution in [1.82, 2.24) is 4.90 Å². The normalized spacial score (nSPS) is 10.9. The number of hydrogen-bond donors (Lipinski definition) is 2. The highest BCUT2D eigenvalue weighted by Crippen LogP contribution is 2.17. The molecule has 2 amide bonds. The first-order valence-electron chi connectivity index (χ1n) is 5.86. The largest absolute Gasteiger partial charge is 0.480 e. The first-order chi connectivity index (χ1) is 8.78. The van der Waals surface area contributed by atoms with E-state index in [1.54, 1.807) is 6.92 Å². The molecule has 5 nitrogen and oxygen atoms in total. The molecule has 0 aliphatic carbocycles. The zero-order valence-electron chi connectivity index (χ0n) is 11.1. The second-order valence-electron chi connectivity index (χ2n) is 4.55. The Kier molecular flexibility index (Phi) is 4.47. The van der Waals surface area contributed by atoms with Crippen LogP contribution in [-0.2, 0) is 4.79 Å². The number of carbonyl (C=O) groups excluding carboxylic acids is 1. The monoisotopic (exact) mass is 268 g/mol. The van der Waals surface area contributed by atoms with E-state index in [4.69, 9.17) is 5.11 Å². The molecule has 6 heteroatoms. The van der Waals surface area contributed by atoms with E-state index in [1.165, 1.54) is 43.0 Å². The Labute approximate surface area is 111 Å². The van der Waals surface area contributed by atoms with Crippen LogP contribution in [0.2, 0.25) is 0 Å². The molecule has 104 valence electrons. The quantitative estimate of drug-likeness (QED) is 0.881. The lowest BCUT2D eigenvalue weighted by Gasteiger charge is -2.34. The topological polar surface area (TPSA) is 69.6 Å². The standard InChI is InChI=1S/C13H17FN2O3/c1-4-16(13(2,3)11(17)18)12(19)15-10-7-5-9(14)6-8-10/h5-8H,4H2,1-3H3,(H,15,19)(H,17,18). The van der Waals surface area contributed by atoms with E-state index in [9.17, 15) is 14.0 Å². The number of carbonyl (C=O) groups is 2. The molecule has 0 saturated heterocycles. The molecular weight excluding hydrogens is 251 g/mol. The van der Waals surface area contributed by atoms with Crippen LogP contribution in [0, 0.1) is 5.82 Å². The third kappa shape index (κ3) is 3.43. The van der Waals surface area contributed by atoms with Gasteiger partial charge < -0.3 is 15.3 Å². The van der Waals surface area contributed by atoms with Gasteiger partial charge in [-0.2, -0.15) is 0 Å². The number of aliphatic carboxylic acids is 1. The van der Waals surface area contributed by atoms with Crippen LogP contribution >= 0.6 is 0 Å². The van der Waals surface area contributed by atoms with Gasteiger partial charge in [0, 0.05) is 12.2 Å². The van der Waals surface area contributed by atoms with Gasteiger partial charge in [0.1, 0.15) is 11.4 Å². The highest BCUT2D eigenvalue weighted by atomic mass is 19.1. The molecule has 1 aromatic carbocycles. The number of carboxylic acids is 1. The first kappa shape index (κ1) is 14.9. The lowest BCUT2D eigenvalue weighted by Crippen LogP contribution is -2.54. The Hall–Kier alpha value is -2.11. The van der Waals surface area contributed by atoms with Gasteiger partial charge in [0.05, 0.1) is 0 Å². The molecule has 0 aromatic heterocycles. The summed E-state index contributed by atoms with van der Waals surface area (Å²) in [5.41, 5.74) is -0.912. The summed E-state index contributed by atoms with van der Waals surface area (Å²) in [4.78, 5) is 24.4. The van der Waals surface area contributed by atoms with Crippen LogP contribution < -0.4 is 5.32 Å². The third-order valence-electron chi connectivity index (χ3n) is 2.86. The molecule has 0 unspecified atom stereocenters. The molecule has 0 bridgehead atoms. The van der Waals surface area contributed by atoms with Crippen molar-refractivity contribution in [2.24, 2.45) is 0 Å². The molecule has 19 heavy (non-hydrogen) atoms. The number of amides is 2. The van der Waals surface area contributed by atoms with Crippen molar-refractivity contribution in [3.63, 3.8) is 0 Å². The van der Waals surface area contributed by atoms with Crippen LogP contribution in [0.15, 0.2) is 24.3 Å². The van der Waals surface area contributed by atoms with E-state index in [0.717, 1.165) is 0 Å². The number of carboxylic acid groups (broad SMARTS) is 1. The Balaban J connectivity index is 2.86. The van der Waals surface area contributed by atoms with Crippen LogP contribution in [0.3, 0.4) is 0 Å². The molecule has 0 aliphatic rings. The number of nitrogens with zero attached hydrogens (tertiary/aromatic N) is 1. The van der Waals surface area contributed by atoms with Crippen molar-refractivity contribution in [2.45, 2.75) is 26.3 Å². The van der Waals surface area contributed by atoms with E-state index in [-0.39, 0.29) is 6.54 Å². The van der Waals surface area contributed by atoms with Gasteiger partial charge in [-0.1, -0.05) is 0 Å². The summed E-state index contributed by atoms with van der Waals surface area (Å²) in [6.45, 7) is 4.83. The second-order valence-corrected chi connectivity index (χ2v) is 4.55. The summed E-state index contributed by atoms with van der Waals surface area (Å²) in [5.74, 6) is -1.50. The summed E-state index contributed by atoms with van der Waals surface area (Å²) in [7, 11) is 0. The van der Waals surface area contributed by atoms with Crippen LogP contribution in [0.4, 0.5) is 14.9 Å². The Bertz CT molecular complexity index is 471. The molecule has 0 fully saturated rings. The second kappa shape index (κ2) is 5.69. The van der Waals surface area contributed by atoms with Crippen molar-refractivity contribution in [1.29, 1.82) is 0 Å². The van der Waals surface area contributed by atoms with Gasteiger partial charge in [-0.05, 0) is 45.0 Å². The van der Waals surface area contributed by atoms with Crippen molar-refractivity contribution in [3.05, 3.63) is 30.1 Å². The fourth-order valence-corrected chi connectivity index (χ4v) is 1.63. The van der Waals surface area contributed by atoms with E-state index in [1.807, 2.05) is 0 Å². The van der Waals surface area contributed by atoms with Gasteiger partial charge >= 0.3 is 12.0 Å². The highest BCUT2D eigenvalue weighted by Gasteiger charge is 2.36. The minimum absolute atomic E-state index is 0.242. The number of hydrogen-bond acceptors (Lipinski definition) is 2. The molecule has 1 rings (SSSR count). The zero-order chi connectivity index (χ0) is 14.6. The molecule has 2 N–H and O–H groups in total. The Morgan fingerprint density at radius 1 is 1.32 bits per heavy atom. The van der Waals surface area contributed by atoms with Crippen molar-refractivity contribution < 1.29 is 19.1 Å². The average Bonchev–Trinajstić information content (AvgIpc) is 2.32. The molecule has 1 aromatic rings. The van der Waals surface area contributed by atoms with Gasteiger partial charge in [0.25, 0.3) is 0 Å². The number of likely N-dealkylation sites (N-methyl/N-ethyl adjacent to an activating group) is 1. The summed E-state index contributed by atoms with van der Waals surface area (Å²) in [6, 6.07) is 4.72. The molecule has 0 radical (unpaired) electrons. The Morgan fingerprint density at radius 2 is 1.84 bits per heavy atom. The lowest BCUT2D eigenvalue weighted by molar-refractivity contribution is -0.147. The van der Waals surface area contributed by atoms with Crippen LogP contribution in [0.5, 0.6) is 0 Å². The van der Waals surface area contributed by atoms with Gasteiger partial charge in [-0.25, -0.2) is 14.0 Å². The first-order valence-corrected chi connectivity index (χ1v) is 5.86. The number of benzene rings is 1. The van der Waals surface area contributed by atoms with Gasteiger partial charge in [-0.15, -0.1) is 0 Å². The maximum absolute atomic E-state index is 12.7. The maximum atomic E-state index is 12.7. The number of halogens is 1. The molecule has 0 saturated carbocycles. The zero-order valence-corrected chi connectivity index (χ0v) is 11.1. The highest BCUT2D eigenvalue weighted by molar-refractivity contribution is 5.93. The van der Waals surface area contributed by atoms with Crippen LogP contribution in [0.1, 0.15) is 20.8 Å². The summed E-state index contributed by atoms with van der Waals surface area (Å²) >= 11 is 0. The molecule has 0 spiro atoms. The molecular formula is C13H17FN2O3. The Morgan fingerprint density at radius 3 is 2.26 bits per heavy atom. The van der Waals surface area contributed by atoms with Crippen molar-refractivity contribution in [3.8, 4) is 0 Å². The van der Waals surface area contributed by atoms with E-state index in [0.29, 0.717) is 5.69 Å². The summed E-state index contributed by atoms with van der Waals surface area (Å²) in [6.07, 6.45) is 0. The summed E-state index contributed by atoms with van der Waals surface area (Å²) < 4.78 is 12.7. The number of urea groups is 1. The smallest absolute Gasteiger partial charge is 0.329 e. The number of nitrogens with one attached hydrogen (secondary N) is 1. The summed E-state index contributed by atoms with van der Waals surface area (Å²) in [5, 5.41) is 11.7. The maximum Gasteiger partial charge on any atom is 0.329 e. The van der Waals surface area contributed by atoms with Crippen molar-refractivity contribution in [2.75, 3.05) is 11.9 Å². The van der Waals surface area contributed by atoms with Gasteiger partial charge in [-0.3, -0.25) is 0 Å². The molecule has 0 aliphatic heterocycles.